The van der Waals surface area contributed by atoms with E-state index in [0.717, 1.165) is 12.8 Å². The summed E-state index contributed by atoms with van der Waals surface area (Å²) in [6.07, 6.45) is 1.70. The zero-order chi connectivity index (χ0) is 12.9. The number of rotatable bonds is 4. The number of nitriles is 2. The van der Waals surface area contributed by atoms with Crippen molar-refractivity contribution < 1.29 is 4.74 Å². The Kier molecular flexibility index (Phi) is 4.12. The second-order valence-electron chi connectivity index (χ2n) is 4.16. The summed E-state index contributed by atoms with van der Waals surface area (Å²) < 4.78 is 5.89. The van der Waals surface area contributed by atoms with E-state index in [9.17, 15) is 0 Å². The Labute approximate surface area is 102 Å². The molecule has 0 spiro atoms. The molecule has 88 valence electrons. The lowest BCUT2D eigenvalue weighted by molar-refractivity contribution is 0.0799. The van der Waals surface area contributed by atoms with Gasteiger partial charge in [0.25, 0.3) is 0 Å². The third-order valence-corrected chi connectivity index (χ3v) is 3.11. The van der Waals surface area contributed by atoms with Gasteiger partial charge in [0, 0.05) is 0 Å². The maximum Gasteiger partial charge on any atom is 0.139 e. The number of benzene rings is 1. The fourth-order valence-electron chi connectivity index (χ4n) is 1.48. The minimum absolute atomic E-state index is 0.292. The maximum absolute atomic E-state index is 9.09. The van der Waals surface area contributed by atoms with Crippen LogP contribution in [0.3, 0.4) is 0 Å². The molecule has 0 aliphatic rings. The minimum Gasteiger partial charge on any atom is -0.486 e. The van der Waals surface area contributed by atoms with Gasteiger partial charge in [-0.1, -0.05) is 19.9 Å². The van der Waals surface area contributed by atoms with E-state index < -0.39 is 0 Å². The second kappa shape index (κ2) is 5.37. The number of nitrogens with zero attached hydrogens (tertiary/aromatic N) is 2. The molecule has 0 unspecified atom stereocenters. The van der Waals surface area contributed by atoms with Crippen molar-refractivity contribution in [2.45, 2.75) is 39.2 Å². The third kappa shape index (κ3) is 2.77. The highest BCUT2D eigenvalue weighted by molar-refractivity contribution is 5.54. The highest BCUT2D eigenvalue weighted by Gasteiger charge is 2.23. The predicted molar refractivity (Wildman–Crippen MR) is 65.5 cm³/mol. The van der Waals surface area contributed by atoms with Gasteiger partial charge in [0.15, 0.2) is 0 Å². The highest BCUT2D eigenvalue weighted by atomic mass is 16.5. The van der Waals surface area contributed by atoms with E-state index in [0.29, 0.717) is 16.9 Å². The van der Waals surface area contributed by atoms with Gasteiger partial charge in [0.1, 0.15) is 29.1 Å². The molecule has 3 heteroatoms. The van der Waals surface area contributed by atoms with Gasteiger partial charge >= 0.3 is 0 Å². The van der Waals surface area contributed by atoms with Crippen LogP contribution in [0.2, 0.25) is 0 Å². The average Bonchev–Trinajstić information content (AvgIpc) is 2.38. The van der Waals surface area contributed by atoms with Crippen LogP contribution in [0.25, 0.3) is 0 Å². The van der Waals surface area contributed by atoms with Gasteiger partial charge in [0.05, 0.1) is 5.56 Å². The quantitative estimate of drug-likeness (QED) is 0.793. The molecule has 1 rings (SSSR count). The van der Waals surface area contributed by atoms with Crippen LogP contribution >= 0.6 is 0 Å². The average molecular weight is 228 g/mol. The fraction of sp³-hybridized carbons (Fsp3) is 0.429. The summed E-state index contributed by atoms with van der Waals surface area (Å²) in [5, 5.41) is 18.0. The van der Waals surface area contributed by atoms with Crippen LogP contribution in [-0.2, 0) is 0 Å². The smallest absolute Gasteiger partial charge is 0.139 e. The Morgan fingerprint density at radius 1 is 1.18 bits per heavy atom. The Bertz CT molecular complexity index is 476. The molecule has 0 saturated carbocycles. The van der Waals surface area contributed by atoms with Gasteiger partial charge < -0.3 is 4.74 Å². The van der Waals surface area contributed by atoms with Crippen molar-refractivity contribution >= 4 is 0 Å². The topological polar surface area (TPSA) is 56.8 Å². The molecule has 3 nitrogen and oxygen atoms in total. The van der Waals surface area contributed by atoms with Crippen molar-refractivity contribution in [3.63, 3.8) is 0 Å². The molecule has 0 aromatic heterocycles. The molecule has 0 amide bonds. The predicted octanol–water partition coefficient (Wildman–Crippen LogP) is 3.39. The molecule has 0 N–H and O–H groups in total. The van der Waals surface area contributed by atoms with Crippen molar-refractivity contribution in [3.8, 4) is 17.9 Å². The molecule has 1 aromatic rings. The van der Waals surface area contributed by atoms with Crippen LogP contribution in [0, 0.1) is 22.7 Å². The zero-order valence-corrected chi connectivity index (χ0v) is 10.4. The monoisotopic (exact) mass is 228 g/mol. The first-order chi connectivity index (χ1) is 8.10. The molecule has 17 heavy (non-hydrogen) atoms. The van der Waals surface area contributed by atoms with E-state index in [-0.39, 0.29) is 5.60 Å². The minimum atomic E-state index is -0.292. The first-order valence-electron chi connectivity index (χ1n) is 5.72. The Morgan fingerprint density at radius 3 is 2.29 bits per heavy atom. The molecule has 0 atom stereocenters. The molecular formula is C14H16N2O. The second-order valence-corrected chi connectivity index (χ2v) is 4.16. The number of ether oxygens (including phenoxy) is 1. The molecule has 0 radical (unpaired) electrons. The molecule has 0 fully saturated rings. The van der Waals surface area contributed by atoms with E-state index in [2.05, 4.69) is 0 Å². The van der Waals surface area contributed by atoms with Gasteiger partial charge in [-0.3, -0.25) is 0 Å². The standard InChI is InChI=1S/C14H16N2O/c1-4-14(3,5-2)17-13-8-6-7-11(9-15)12(13)10-16/h6-8H,4-5H2,1-3H3. The largest absolute Gasteiger partial charge is 0.486 e. The van der Waals surface area contributed by atoms with Crippen molar-refractivity contribution in [2.75, 3.05) is 0 Å². The lowest BCUT2D eigenvalue weighted by atomic mass is 9.99. The third-order valence-electron chi connectivity index (χ3n) is 3.11. The zero-order valence-electron chi connectivity index (χ0n) is 10.4. The summed E-state index contributed by atoms with van der Waals surface area (Å²) >= 11 is 0. The molecule has 0 aliphatic carbocycles. The van der Waals surface area contributed by atoms with E-state index >= 15 is 0 Å². The normalized spacial score (nSPS) is 10.4. The van der Waals surface area contributed by atoms with Gasteiger partial charge in [-0.25, -0.2) is 0 Å². The van der Waals surface area contributed by atoms with Crippen molar-refractivity contribution in [1.29, 1.82) is 10.5 Å². The lowest BCUT2D eigenvalue weighted by Crippen LogP contribution is -2.30. The Balaban J connectivity index is 3.17. The van der Waals surface area contributed by atoms with Crippen LogP contribution in [0.5, 0.6) is 5.75 Å². The number of hydrogen-bond donors (Lipinski definition) is 0. The SMILES string of the molecule is CCC(C)(CC)Oc1cccc(C#N)c1C#N. The van der Waals surface area contributed by atoms with Crippen LogP contribution in [0.15, 0.2) is 18.2 Å². The summed E-state index contributed by atoms with van der Waals surface area (Å²) in [6, 6.07) is 9.15. The van der Waals surface area contributed by atoms with Crippen LogP contribution in [-0.4, -0.2) is 5.60 Å². The summed E-state index contributed by atoms with van der Waals surface area (Å²) in [7, 11) is 0. The van der Waals surface area contributed by atoms with Crippen LogP contribution < -0.4 is 4.74 Å². The van der Waals surface area contributed by atoms with E-state index in [4.69, 9.17) is 15.3 Å². The summed E-state index contributed by atoms with van der Waals surface area (Å²) in [6.45, 7) is 6.10. The number of hydrogen-bond acceptors (Lipinski definition) is 3. The summed E-state index contributed by atoms with van der Waals surface area (Å²) in [4.78, 5) is 0. The van der Waals surface area contributed by atoms with Gasteiger partial charge in [-0.05, 0) is 31.9 Å². The fourth-order valence-corrected chi connectivity index (χ4v) is 1.48. The molecular weight excluding hydrogens is 212 g/mol. The van der Waals surface area contributed by atoms with E-state index in [1.807, 2.05) is 32.9 Å². The Hall–Kier alpha value is -2.00. The molecule has 1 aromatic carbocycles. The molecule has 0 saturated heterocycles. The summed E-state index contributed by atoms with van der Waals surface area (Å²) in [5.74, 6) is 0.498. The Morgan fingerprint density at radius 2 is 1.82 bits per heavy atom. The molecule has 0 aliphatic heterocycles. The maximum atomic E-state index is 9.09. The van der Waals surface area contributed by atoms with Crippen molar-refractivity contribution in [3.05, 3.63) is 29.3 Å². The molecule has 0 heterocycles. The van der Waals surface area contributed by atoms with Gasteiger partial charge in [-0.15, -0.1) is 0 Å². The lowest BCUT2D eigenvalue weighted by Gasteiger charge is -2.28. The van der Waals surface area contributed by atoms with Crippen LogP contribution in [0.4, 0.5) is 0 Å². The van der Waals surface area contributed by atoms with Crippen LogP contribution in [0.1, 0.15) is 44.7 Å². The van der Waals surface area contributed by atoms with Gasteiger partial charge in [0.2, 0.25) is 0 Å². The summed E-state index contributed by atoms with van der Waals surface area (Å²) in [5.41, 5.74) is 0.391. The van der Waals surface area contributed by atoms with E-state index in [1.54, 1.807) is 18.2 Å². The van der Waals surface area contributed by atoms with Crippen molar-refractivity contribution in [2.24, 2.45) is 0 Å². The van der Waals surface area contributed by atoms with E-state index in [1.165, 1.54) is 0 Å². The first-order valence-corrected chi connectivity index (χ1v) is 5.72. The first kappa shape index (κ1) is 13.1. The molecule has 0 bridgehead atoms. The van der Waals surface area contributed by atoms with Crippen molar-refractivity contribution in [1.82, 2.24) is 0 Å². The highest BCUT2D eigenvalue weighted by Crippen LogP contribution is 2.28. The van der Waals surface area contributed by atoms with Gasteiger partial charge in [-0.2, -0.15) is 10.5 Å².